The van der Waals surface area contributed by atoms with E-state index in [1.54, 1.807) is 43.3 Å². The predicted octanol–water partition coefficient (Wildman–Crippen LogP) is 3.92. The van der Waals surface area contributed by atoms with E-state index in [0.29, 0.717) is 17.1 Å². The van der Waals surface area contributed by atoms with Crippen LogP contribution in [0.25, 0.3) is 0 Å². The maximum Gasteiger partial charge on any atom is 0.264 e. The molecule has 3 rings (SSSR count). The lowest BCUT2D eigenvalue weighted by Crippen LogP contribution is -2.41. The van der Waals surface area contributed by atoms with Gasteiger partial charge in [-0.05, 0) is 61.0 Å². The van der Waals surface area contributed by atoms with E-state index in [1.807, 2.05) is 0 Å². The molecule has 0 fully saturated rings. The second-order valence-electron chi connectivity index (χ2n) is 7.57. The van der Waals surface area contributed by atoms with Gasteiger partial charge < -0.3 is 19.5 Å². The Morgan fingerprint density at radius 1 is 0.914 bits per heavy atom. The van der Waals surface area contributed by atoms with Crippen molar-refractivity contribution in [2.75, 3.05) is 32.2 Å². The van der Waals surface area contributed by atoms with Crippen LogP contribution < -0.4 is 23.8 Å². The van der Waals surface area contributed by atoms with Gasteiger partial charge in [0.1, 0.15) is 18.1 Å². The topological polar surface area (TPSA) is 94.2 Å². The number of carbonyl (C=O) groups is 1. The first-order chi connectivity index (χ1) is 16.7. The van der Waals surface area contributed by atoms with Crippen molar-refractivity contribution < 1.29 is 31.8 Å². The van der Waals surface area contributed by atoms with Crippen LogP contribution >= 0.6 is 0 Å². The minimum atomic E-state index is -4.19. The zero-order valence-corrected chi connectivity index (χ0v) is 20.6. The van der Waals surface area contributed by atoms with Crippen molar-refractivity contribution in [1.29, 1.82) is 0 Å². The lowest BCUT2D eigenvalue weighted by molar-refractivity contribution is -0.120. The molecule has 0 radical (unpaired) electrons. The van der Waals surface area contributed by atoms with Crippen molar-refractivity contribution in [2.24, 2.45) is 0 Å². The van der Waals surface area contributed by atoms with E-state index in [1.165, 1.54) is 51.7 Å². The van der Waals surface area contributed by atoms with E-state index in [4.69, 9.17) is 14.2 Å². The van der Waals surface area contributed by atoms with Gasteiger partial charge in [-0.3, -0.25) is 9.10 Å². The van der Waals surface area contributed by atoms with Crippen molar-refractivity contribution in [3.63, 3.8) is 0 Å². The van der Waals surface area contributed by atoms with E-state index < -0.39 is 28.5 Å². The molecular weight excluding hydrogens is 475 g/mol. The molecule has 0 aliphatic rings. The molecule has 186 valence electrons. The Hall–Kier alpha value is -3.79. The van der Waals surface area contributed by atoms with Crippen molar-refractivity contribution in [3.05, 3.63) is 78.1 Å². The first-order valence-corrected chi connectivity index (χ1v) is 12.1. The second kappa shape index (κ2) is 11.1. The summed E-state index contributed by atoms with van der Waals surface area (Å²) in [6.45, 7) is 1.24. The van der Waals surface area contributed by atoms with Crippen LogP contribution in [-0.2, 0) is 14.8 Å². The minimum Gasteiger partial charge on any atom is -0.497 e. The highest BCUT2D eigenvalue weighted by Crippen LogP contribution is 2.32. The molecule has 1 N–H and O–H groups in total. The molecule has 10 heteroatoms. The van der Waals surface area contributed by atoms with Gasteiger partial charge in [-0.2, -0.15) is 0 Å². The van der Waals surface area contributed by atoms with E-state index in [0.717, 1.165) is 4.31 Å². The summed E-state index contributed by atoms with van der Waals surface area (Å²) in [4.78, 5) is 12.9. The number of ether oxygens (including phenoxy) is 3. The molecular formula is C25H27FN2O6S. The molecule has 1 amide bonds. The summed E-state index contributed by atoms with van der Waals surface area (Å²) in [5.41, 5.74) is 0.948. The van der Waals surface area contributed by atoms with Gasteiger partial charge in [0.05, 0.1) is 38.0 Å². The molecule has 0 saturated carbocycles. The molecule has 3 aromatic carbocycles. The van der Waals surface area contributed by atoms with Crippen LogP contribution in [0.3, 0.4) is 0 Å². The lowest BCUT2D eigenvalue weighted by Gasteiger charge is -2.25. The van der Waals surface area contributed by atoms with Gasteiger partial charge in [0.25, 0.3) is 10.0 Å². The molecule has 8 nitrogen and oxygen atoms in total. The van der Waals surface area contributed by atoms with Crippen LogP contribution in [0.15, 0.2) is 71.6 Å². The zero-order chi connectivity index (χ0) is 25.6. The van der Waals surface area contributed by atoms with Crippen LogP contribution in [0.2, 0.25) is 0 Å². The Balaban J connectivity index is 1.94. The molecule has 35 heavy (non-hydrogen) atoms. The molecule has 0 heterocycles. The molecule has 1 atom stereocenters. The largest absolute Gasteiger partial charge is 0.497 e. The van der Waals surface area contributed by atoms with Crippen molar-refractivity contribution in [3.8, 4) is 17.2 Å². The molecule has 0 bridgehead atoms. The number of nitrogens with zero attached hydrogens (tertiary/aromatic N) is 1. The normalized spacial score (nSPS) is 11.9. The number of amides is 1. The quantitative estimate of drug-likeness (QED) is 0.452. The average Bonchev–Trinajstić information content (AvgIpc) is 2.87. The Morgan fingerprint density at radius 2 is 1.54 bits per heavy atom. The lowest BCUT2D eigenvalue weighted by atomic mass is 10.1. The number of methoxy groups -OCH3 is 3. The van der Waals surface area contributed by atoms with Gasteiger partial charge >= 0.3 is 0 Å². The fourth-order valence-corrected chi connectivity index (χ4v) is 4.86. The zero-order valence-electron chi connectivity index (χ0n) is 19.8. The first-order valence-electron chi connectivity index (χ1n) is 10.6. The standard InChI is InChI=1S/C25H27FN2O6S/c1-17(18-5-7-19(26)8-6-18)27-25(29)16-28(20-9-11-21(32-2)12-10-20)35(30,31)22-13-14-23(33-3)24(15-22)34-4/h5-15,17H,16H2,1-4H3,(H,27,29)/t17-/m1/s1. The molecule has 3 aromatic rings. The molecule has 0 spiro atoms. The molecule has 0 unspecified atom stereocenters. The Kier molecular flexibility index (Phi) is 8.18. The third-order valence-electron chi connectivity index (χ3n) is 5.34. The van der Waals surface area contributed by atoms with Crippen molar-refractivity contribution >= 4 is 21.6 Å². The molecule has 0 aromatic heterocycles. The average molecular weight is 503 g/mol. The van der Waals surface area contributed by atoms with Crippen molar-refractivity contribution in [2.45, 2.75) is 17.9 Å². The van der Waals surface area contributed by atoms with E-state index in [-0.39, 0.29) is 22.1 Å². The highest BCUT2D eigenvalue weighted by Gasteiger charge is 2.29. The maximum absolute atomic E-state index is 13.7. The van der Waals surface area contributed by atoms with E-state index >= 15 is 0 Å². The summed E-state index contributed by atoms with van der Waals surface area (Å²) < 4.78 is 57.2. The van der Waals surface area contributed by atoms with Gasteiger partial charge in [-0.25, -0.2) is 12.8 Å². The highest BCUT2D eigenvalue weighted by atomic mass is 32.2. The summed E-state index contributed by atoms with van der Waals surface area (Å²) in [5, 5.41) is 2.77. The maximum atomic E-state index is 13.7. The van der Waals surface area contributed by atoms with Gasteiger partial charge in [0, 0.05) is 6.07 Å². The molecule has 0 aliphatic carbocycles. The summed E-state index contributed by atoms with van der Waals surface area (Å²) in [7, 11) is 0.161. The minimum absolute atomic E-state index is 0.0784. The number of hydrogen-bond acceptors (Lipinski definition) is 6. The number of hydrogen-bond donors (Lipinski definition) is 1. The Bertz CT molecular complexity index is 1260. The number of rotatable bonds is 10. The van der Waals surface area contributed by atoms with Gasteiger partial charge in [0.15, 0.2) is 11.5 Å². The summed E-state index contributed by atoms with van der Waals surface area (Å²) in [6, 6.07) is 15.7. The monoisotopic (exact) mass is 502 g/mol. The van der Waals surface area contributed by atoms with Crippen LogP contribution in [0.4, 0.5) is 10.1 Å². The van der Waals surface area contributed by atoms with Gasteiger partial charge in [0.2, 0.25) is 5.91 Å². The highest BCUT2D eigenvalue weighted by molar-refractivity contribution is 7.92. The van der Waals surface area contributed by atoms with Crippen LogP contribution in [0.5, 0.6) is 17.2 Å². The fourth-order valence-electron chi connectivity index (χ4n) is 3.42. The predicted molar refractivity (Wildman–Crippen MR) is 130 cm³/mol. The third-order valence-corrected chi connectivity index (χ3v) is 7.11. The number of sulfonamides is 1. The van der Waals surface area contributed by atoms with Crippen LogP contribution in [-0.4, -0.2) is 42.2 Å². The van der Waals surface area contributed by atoms with Gasteiger partial charge in [-0.15, -0.1) is 0 Å². The van der Waals surface area contributed by atoms with Crippen LogP contribution in [0, 0.1) is 5.82 Å². The number of nitrogens with one attached hydrogen (secondary N) is 1. The molecule has 0 aliphatic heterocycles. The summed E-state index contributed by atoms with van der Waals surface area (Å²) >= 11 is 0. The first kappa shape index (κ1) is 25.8. The summed E-state index contributed by atoms with van der Waals surface area (Å²) in [6.07, 6.45) is 0. The Morgan fingerprint density at radius 3 is 2.11 bits per heavy atom. The second-order valence-corrected chi connectivity index (χ2v) is 9.43. The Labute approximate surface area is 204 Å². The van der Waals surface area contributed by atoms with E-state index in [9.17, 15) is 17.6 Å². The third kappa shape index (κ3) is 6.02. The summed E-state index contributed by atoms with van der Waals surface area (Å²) in [5.74, 6) is 0.207. The fraction of sp³-hybridized carbons (Fsp3) is 0.240. The van der Waals surface area contributed by atoms with Gasteiger partial charge in [-0.1, -0.05) is 12.1 Å². The SMILES string of the molecule is COc1ccc(N(CC(=O)N[C@H](C)c2ccc(F)cc2)S(=O)(=O)c2ccc(OC)c(OC)c2)cc1. The van der Waals surface area contributed by atoms with Crippen LogP contribution in [0.1, 0.15) is 18.5 Å². The van der Waals surface area contributed by atoms with E-state index in [2.05, 4.69) is 5.32 Å². The number of halogens is 1. The number of carbonyl (C=O) groups excluding carboxylic acids is 1. The number of benzene rings is 3. The van der Waals surface area contributed by atoms with Crippen molar-refractivity contribution in [1.82, 2.24) is 5.32 Å². The number of anilines is 1. The molecule has 0 saturated heterocycles. The smallest absolute Gasteiger partial charge is 0.264 e.